The smallest absolute Gasteiger partial charge is 0.320 e. The summed E-state index contributed by atoms with van der Waals surface area (Å²) in [5.41, 5.74) is 1.17. The van der Waals surface area contributed by atoms with Crippen molar-refractivity contribution in [2.24, 2.45) is 0 Å². The molecule has 2 nitrogen and oxygen atoms in total. The topological polar surface area (TPSA) is 17.0 Å². The summed E-state index contributed by atoms with van der Waals surface area (Å²) < 4.78 is 39.8. The zero-order valence-corrected chi connectivity index (χ0v) is 14.1. The van der Waals surface area contributed by atoms with Crippen molar-refractivity contribution in [3.63, 3.8) is 0 Å². The van der Waals surface area contributed by atoms with Crippen LogP contribution in [-0.4, -0.2) is 11.1 Å². The first kappa shape index (κ1) is 18.6. The van der Waals surface area contributed by atoms with E-state index >= 15 is 0 Å². The lowest BCUT2D eigenvalue weighted by Crippen LogP contribution is -2.17. The minimum atomic E-state index is -4.29. The Hall–Kier alpha value is -1.75. The summed E-state index contributed by atoms with van der Waals surface area (Å²) in [6.45, 7) is 3.87. The third-order valence-corrected chi connectivity index (χ3v) is 4.07. The van der Waals surface area contributed by atoms with E-state index in [4.69, 9.17) is 0 Å². The first-order chi connectivity index (χ1) is 11.5. The molecule has 0 bridgehead atoms. The molecule has 24 heavy (non-hydrogen) atoms. The lowest BCUT2D eigenvalue weighted by atomic mass is 10.1. The van der Waals surface area contributed by atoms with Gasteiger partial charge in [0.15, 0.2) is 0 Å². The number of nitrogens with one attached hydrogen (secondary N) is 1. The van der Waals surface area contributed by atoms with Crippen molar-refractivity contribution in [3.8, 4) is 5.69 Å². The summed E-state index contributed by atoms with van der Waals surface area (Å²) in [6.07, 6.45) is 3.78. The molecule has 0 aliphatic rings. The number of unbranched alkanes of at least 4 members (excludes halogenated alkanes) is 4. The average Bonchev–Trinajstić information content (AvgIpc) is 3.02. The molecule has 5 heteroatoms. The highest BCUT2D eigenvalue weighted by Crippen LogP contribution is 2.29. The van der Waals surface area contributed by atoms with Gasteiger partial charge in [-0.25, -0.2) is 0 Å². The molecule has 1 N–H and O–H groups in total. The number of rotatable bonds is 9. The molecular weight excluding hydrogens is 313 g/mol. The first-order valence-electron chi connectivity index (χ1n) is 8.57. The molecule has 0 aliphatic heterocycles. The number of hydrogen-bond acceptors (Lipinski definition) is 1. The lowest BCUT2D eigenvalue weighted by molar-refractivity contribution is -0.137. The van der Waals surface area contributed by atoms with Gasteiger partial charge in [0, 0.05) is 24.1 Å². The third kappa shape index (κ3) is 5.41. The number of benzene rings is 1. The van der Waals surface area contributed by atoms with Crippen molar-refractivity contribution < 1.29 is 13.2 Å². The molecule has 0 saturated heterocycles. The molecule has 0 saturated carbocycles. The Morgan fingerprint density at radius 3 is 2.33 bits per heavy atom. The van der Waals surface area contributed by atoms with E-state index in [0.29, 0.717) is 6.54 Å². The minimum Gasteiger partial charge on any atom is -0.320 e. The second kappa shape index (κ2) is 8.92. The van der Waals surface area contributed by atoms with Gasteiger partial charge in [0.25, 0.3) is 0 Å². The largest absolute Gasteiger partial charge is 0.416 e. The van der Waals surface area contributed by atoms with Crippen LogP contribution in [0.1, 0.15) is 50.3 Å². The summed E-state index contributed by atoms with van der Waals surface area (Å²) in [4.78, 5) is 0. The predicted molar refractivity (Wildman–Crippen MR) is 91.2 cm³/mol. The van der Waals surface area contributed by atoms with Crippen LogP contribution < -0.4 is 5.32 Å². The van der Waals surface area contributed by atoms with Crippen LogP contribution in [0, 0.1) is 0 Å². The molecule has 2 aromatic rings. The van der Waals surface area contributed by atoms with Crippen molar-refractivity contribution >= 4 is 0 Å². The predicted octanol–water partition coefficient (Wildman–Crippen LogP) is 5.56. The van der Waals surface area contributed by atoms with Crippen LogP contribution in [0.2, 0.25) is 0 Å². The van der Waals surface area contributed by atoms with Crippen LogP contribution in [0.15, 0.2) is 42.6 Å². The van der Waals surface area contributed by atoms with E-state index in [-0.39, 0.29) is 0 Å². The Kier molecular flexibility index (Phi) is 6.91. The van der Waals surface area contributed by atoms with E-state index in [1.165, 1.54) is 37.8 Å². The Bertz CT molecular complexity index is 600. The molecule has 0 amide bonds. The molecule has 0 atom stereocenters. The van der Waals surface area contributed by atoms with E-state index in [9.17, 15) is 13.2 Å². The van der Waals surface area contributed by atoms with Crippen LogP contribution in [0.4, 0.5) is 13.2 Å². The molecule has 132 valence electrons. The second-order valence-corrected chi connectivity index (χ2v) is 6.01. The molecule has 2 rings (SSSR count). The molecule has 0 spiro atoms. The van der Waals surface area contributed by atoms with Gasteiger partial charge in [-0.3, -0.25) is 0 Å². The minimum absolute atomic E-state index is 0.620. The van der Waals surface area contributed by atoms with Crippen LogP contribution in [0.25, 0.3) is 5.69 Å². The molecule has 0 radical (unpaired) electrons. The van der Waals surface area contributed by atoms with Gasteiger partial charge in [0.05, 0.1) is 5.56 Å². The molecule has 0 aliphatic carbocycles. The second-order valence-electron chi connectivity index (χ2n) is 6.01. The van der Waals surface area contributed by atoms with Gasteiger partial charge in [0.1, 0.15) is 0 Å². The monoisotopic (exact) mass is 338 g/mol. The van der Waals surface area contributed by atoms with E-state index < -0.39 is 11.7 Å². The van der Waals surface area contributed by atoms with E-state index in [1.54, 1.807) is 0 Å². The maximum atomic E-state index is 12.6. The Morgan fingerprint density at radius 1 is 0.958 bits per heavy atom. The molecule has 0 fully saturated rings. The Balaban J connectivity index is 1.88. The number of hydrogen-bond donors (Lipinski definition) is 1. The van der Waals surface area contributed by atoms with Crippen molar-refractivity contribution in [3.05, 3.63) is 53.9 Å². The molecule has 1 aromatic carbocycles. The number of aromatic nitrogens is 1. The summed E-state index contributed by atoms with van der Waals surface area (Å²) in [5.74, 6) is 0. The van der Waals surface area contributed by atoms with Crippen molar-refractivity contribution in [2.45, 2.75) is 51.7 Å². The van der Waals surface area contributed by atoms with Crippen LogP contribution in [0.3, 0.4) is 0 Å². The zero-order valence-electron chi connectivity index (χ0n) is 14.1. The maximum absolute atomic E-state index is 12.6. The summed E-state index contributed by atoms with van der Waals surface area (Å²) in [6, 6.07) is 9.17. The fraction of sp³-hybridized carbons (Fsp3) is 0.474. The highest BCUT2D eigenvalue weighted by molar-refractivity contribution is 5.38. The van der Waals surface area contributed by atoms with Gasteiger partial charge >= 0.3 is 6.18 Å². The fourth-order valence-corrected chi connectivity index (χ4v) is 2.69. The third-order valence-electron chi connectivity index (χ3n) is 4.07. The van der Waals surface area contributed by atoms with Crippen molar-refractivity contribution in [2.75, 3.05) is 6.54 Å². The number of nitrogens with zero attached hydrogens (tertiary/aromatic N) is 1. The van der Waals surface area contributed by atoms with Gasteiger partial charge in [-0.05, 0) is 49.4 Å². The zero-order chi connectivity index (χ0) is 17.4. The average molecular weight is 338 g/mol. The van der Waals surface area contributed by atoms with Crippen LogP contribution >= 0.6 is 0 Å². The van der Waals surface area contributed by atoms with E-state index in [1.807, 2.05) is 22.9 Å². The standard InChI is InChI=1S/C19H25F3N2/c1-2-3-4-5-6-13-23-15-18-8-7-14-24(18)17-11-9-16(10-12-17)19(20,21)22/h7-12,14,23H,2-6,13,15H2,1H3. The first-order valence-corrected chi connectivity index (χ1v) is 8.57. The summed E-state index contributed by atoms with van der Waals surface area (Å²) >= 11 is 0. The number of alkyl halides is 3. The quantitative estimate of drug-likeness (QED) is 0.593. The van der Waals surface area contributed by atoms with Gasteiger partial charge in [-0.15, -0.1) is 0 Å². The molecule has 1 heterocycles. The van der Waals surface area contributed by atoms with Crippen molar-refractivity contribution in [1.29, 1.82) is 0 Å². The van der Waals surface area contributed by atoms with Crippen LogP contribution in [-0.2, 0) is 12.7 Å². The highest BCUT2D eigenvalue weighted by atomic mass is 19.4. The van der Waals surface area contributed by atoms with Crippen LogP contribution in [0.5, 0.6) is 0 Å². The Labute approximate surface area is 141 Å². The van der Waals surface area contributed by atoms with E-state index in [0.717, 1.165) is 36.5 Å². The number of halogens is 3. The molecular formula is C19H25F3N2. The normalized spacial score (nSPS) is 11.8. The van der Waals surface area contributed by atoms with Gasteiger partial charge in [-0.1, -0.05) is 32.6 Å². The Morgan fingerprint density at radius 2 is 1.67 bits per heavy atom. The van der Waals surface area contributed by atoms with Gasteiger partial charge in [0.2, 0.25) is 0 Å². The lowest BCUT2D eigenvalue weighted by Gasteiger charge is -2.12. The summed E-state index contributed by atoms with van der Waals surface area (Å²) in [5, 5.41) is 3.41. The van der Waals surface area contributed by atoms with Gasteiger partial charge < -0.3 is 9.88 Å². The van der Waals surface area contributed by atoms with Crippen molar-refractivity contribution in [1.82, 2.24) is 9.88 Å². The highest BCUT2D eigenvalue weighted by Gasteiger charge is 2.30. The SMILES string of the molecule is CCCCCCCNCc1cccn1-c1ccc(C(F)(F)F)cc1. The maximum Gasteiger partial charge on any atom is 0.416 e. The molecule has 1 aromatic heterocycles. The van der Waals surface area contributed by atoms with Gasteiger partial charge in [-0.2, -0.15) is 13.2 Å². The van der Waals surface area contributed by atoms with E-state index in [2.05, 4.69) is 12.2 Å². The summed E-state index contributed by atoms with van der Waals surface area (Å²) in [7, 11) is 0. The fourth-order valence-electron chi connectivity index (χ4n) is 2.69. The molecule has 0 unspecified atom stereocenters.